The van der Waals surface area contributed by atoms with Crippen LogP contribution >= 0.6 is 0 Å². The van der Waals surface area contributed by atoms with Gasteiger partial charge in [-0.25, -0.2) is 0 Å². The van der Waals surface area contributed by atoms with Crippen molar-refractivity contribution in [2.45, 2.75) is 13.5 Å². The Bertz CT molecular complexity index is 966. The van der Waals surface area contributed by atoms with E-state index in [0.29, 0.717) is 17.0 Å². The molecule has 0 saturated heterocycles. The molecule has 0 spiro atoms. The smallest absolute Gasteiger partial charge is 0.258 e. The zero-order chi connectivity index (χ0) is 19.4. The molecule has 7 heteroatoms. The van der Waals surface area contributed by atoms with Crippen molar-refractivity contribution in [3.05, 3.63) is 77.4 Å². The highest BCUT2D eigenvalue weighted by molar-refractivity contribution is 6.07. The van der Waals surface area contributed by atoms with Gasteiger partial charge in [-0.2, -0.15) is 0 Å². The predicted octanol–water partition coefficient (Wildman–Crippen LogP) is 2.33. The molecule has 3 aromatic rings. The van der Waals surface area contributed by atoms with Gasteiger partial charge in [0.2, 0.25) is 0 Å². The van der Waals surface area contributed by atoms with E-state index < -0.39 is 0 Å². The molecule has 1 aromatic heterocycles. The summed E-state index contributed by atoms with van der Waals surface area (Å²) < 4.78 is 1.81. The molecule has 1 heterocycles. The van der Waals surface area contributed by atoms with Gasteiger partial charge in [0.25, 0.3) is 11.8 Å². The molecule has 0 fully saturated rings. The molecule has 0 atom stereocenters. The van der Waals surface area contributed by atoms with Gasteiger partial charge in [0.05, 0.1) is 6.54 Å². The van der Waals surface area contributed by atoms with E-state index in [2.05, 4.69) is 15.5 Å². The summed E-state index contributed by atoms with van der Waals surface area (Å²) in [5.41, 5.74) is 1.65. The summed E-state index contributed by atoms with van der Waals surface area (Å²) in [4.78, 5) is 26.7. The monoisotopic (exact) mass is 363 g/mol. The number of benzene rings is 2. The summed E-state index contributed by atoms with van der Waals surface area (Å²) in [6, 6.07) is 16.0. The number of anilines is 1. The van der Waals surface area contributed by atoms with E-state index in [1.54, 1.807) is 36.2 Å². The average Bonchev–Trinajstić information content (AvgIpc) is 3.03. The van der Waals surface area contributed by atoms with Crippen molar-refractivity contribution in [1.82, 2.24) is 20.1 Å². The second kappa shape index (κ2) is 7.82. The Balaban J connectivity index is 1.72. The van der Waals surface area contributed by atoms with Crippen LogP contribution in [0.5, 0.6) is 0 Å². The van der Waals surface area contributed by atoms with Crippen LogP contribution in [0.3, 0.4) is 0 Å². The van der Waals surface area contributed by atoms with E-state index in [1.165, 1.54) is 0 Å². The van der Waals surface area contributed by atoms with E-state index in [9.17, 15) is 9.59 Å². The summed E-state index contributed by atoms with van der Waals surface area (Å²) >= 11 is 0. The number of carbonyl (C=O) groups is 2. The second-order valence-electron chi connectivity index (χ2n) is 6.19. The van der Waals surface area contributed by atoms with Crippen molar-refractivity contribution < 1.29 is 9.59 Å². The lowest BCUT2D eigenvalue weighted by Crippen LogP contribution is -2.27. The molecule has 0 aliphatic heterocycles. The van der Waals surface area contributed by atoms with Crippen molar-refractivity contribution in [3.63, 3.8) is 0 Å². The molecule has 0 radical (unpaired) electrons. The van der Waals surface area contributed by atoms with Gasteiger partial charge in [-0.1, -0.05) is 24.3 Å². The third kappa shape index (κ3) is 4.03. The van der Waals surface area contributed by atoms with E-state index in [1.807, 2.05) is 48.9 Å². The third-order valence-electron chi connectivity index (χ3n) is 4.41. The second-order valence-corrected chi connectivity index (χ2v) is 6.19. The Morgan fingerprint density at radius 2 is 1.74 bits per heavy atom. The fourth-order valence-corrected chi connectivity index (χ4v) is 2.62. The van der Waals surface area contributed by atoms with Gasteiger partial charge in [0.1, 0.15) is 5.82 Å². The number of amides is 2. The van der Waals surface area contributed by atoms with Crippen molar-refractivity contribution in [2.75, 3.05) is 11.9 Å². The zero-order valence-corrected chi connectivity index (χ0v) is 15.5. The first-order chi connectivity index (χ1) is 13.0. The van der Waals surface area contributed by atoms with Gasteiger partial charge >= 0.3 is 0 Å². The van der Waals surface area contributed by atoms with Gasteiger partial charge in [-0.15, -0.1) is 10.2 Å². The minimum Gasteiger partial charge on any atom is -0.345 e. The number of hydrogen-bond donors (Lipinski definition) is 1. The van der Waals surface area contributed by atoms with Crippen LogP contribution in [0.1, 0.15) is 32.4 Å². The highest BCUT2D eigenvalue weighted by Gasteiger charge is 2.16. The number of nitrogens with one attached hydrogen (secondary N) is 1. The van der Waals surface area contributed by atoms with Crippen LogP contribution in [0.2, 0.25) is 0 Å². The number of rotatable bonds is 5. The molecule has 0 aliphatic carbocycles. The molecule has 0 saturated carbocycles. The molecule has 2 aromatic carbocycles. The van der Waals surface area contributed by atoms with Crippen molar-refractivity contribution in [1.29, 1.82) is 0 Å². The SMILES string of the molecule is Cc1nnc(CNC(=O)c2cccc(C(=O)N(C)c3ccccc3)c2)n1C. The van der Waals surface area contributed by atoms with Gasteiger partial charge in [-0.3, -0.25) is 9.59 Å². The number of para-hydroxylation sites is 1. The number of hydrogen-bond acceptors (Lipinski definition) is 4. The molecule has 7 nitrogen and oxygen atoms in total. The minimum atomic E-state index is -0.271. The lowest BCUT2D eigenvalue weighted by Gasteiger charge is -2.17. The normalized spacial score (nSPS) is 10.5. The highest BCUT2D eigenvalue weighted by atomic mass is 16.2. The van der Waals surface area contributed by atoms with E-state index >= 15 is 0 Å². The van der Waals surface area contributed by atoms with Crippen molar-refractivity contribution in [2.24, 2.45) is 7.05 Å². The van der Waals surface area contributed by atoms with Gasteiger partial charge in [0.15, 0.2) is 5.82 Å². The molecular formula is C20H21N5O2. The van der Waals surface area contributed by atoms with Gasteiger partial charge in [-0.05, 0) is 37.3 Å². The van der Waals surface area contributed by atoms with E-state index in [4.69, 9.17) is 0 Å². The van der Waals surface area contributed by atoms with Crippen LogP contribution in [0, 0.1) is 6.92 Å². The maximum atomic E-state index is 12.7. The van der Waals surface area contributed by atoms with Crippen LogP contribution < -0.4 is 10.2 Å². The Labute approximate surface area is 157 Å². The van der Waals surface area contributed by atoms with Gasteiger partial charge in [0, 0.05) is 30.9 Å². The maximum absolute atomic E-state index is 12.7. The average molecular weight is 363 g/mol. The molecule has 138 valence electrons. The largest absolute Gasteiger partial charge is 0.345 e. The molecule has 3 rings (SSSR count). The van der Waals surface area contributed by atoms with Crippen LogP contribution in [0.4, 0.5) is 5.69 Å². The molecule has 1 N–H and O–H groups in total. The lowest BCUT2D eigenvalue weighted by atomic mass is 10.1. The Kier molecular flexibility index (Phi) is 5.30. The fraction of sp³-hybridized carbons (Fsp3) is 0.200. The molecule has 0 aliphatic rings. The lowest BCUT2D eigenvalue weighted by molar-refractivity contribution is 0.0949. The molecule has 0 bridgehead atoms. The first-order valence-electron chi connectivity index (χ1n) is 8.53. The van der Waals surface area contributed by atoms with Crippen LogP contribution in [-0.2, 0) is 13.6 Å². The van der Waals surface area contributed by atoms with Crippen LogP contribution in [-0.4, -0.2) is 33.6 Å². The molecule has 27 heavy (non-hydrogen) atoms. The molecular weight excluding hydrogens is 342 g/mol. The summed E-state index contributed by atoms with van der Waals surface area (Å²) in [5.74, 6) is 0.986. The molecule has 2 amide bonds. The maximum Gasteiger partial charge on any atom is 0.258 e. The third-order valence-corrected chi connectivity index (χ3v) is 4.41. The highest BCUT2D eigenvalue weighted by Crippen LogP contribution is 2.15. The van der Waals surface area contributed by atoms with E-state index in [-0.39, 0.29) is 18.4 Å². The topological polar surface area (TPSA) is 80.1 Å². The molecule has 0 unspecified atom stereocenters. The summed E-state index contributed by atoms with van der Waals surface area (Å²) in [5, 5.41) is 10.8. The number of aryl methyl sites for hydroxylation is 1. The Hall–Kier alpha value is -3.48. The Morgan fingerprint density at radius 3 is 2.41 bits per heavy atom. The number of carbonyl (C=O) groups excluding carboxylic acids is 2. The number of nitrogens with zero attached hydrogens (tertiary/aromatic N) is 4. The van der Waals surface area contributed by atoms with Crippen molar-refractivity contribution in [3.8, 4) is 0 Å². The standard InChI is InChI=1S/C20H21N5O2/c1-14-22-23-18(24(14)2)13-21-19(26)15-8-7-9-16(12-15)20(27)25(3)17-10-5-4-6-11-17/h4-12H,13H2,1-3H3,(H,21,26). The summed E-state index contributed by atoms with van der Waals surface area (Å²) in [6.45, 7) is 2.11. The van der Waals surface area contributed by atoms with Gasteiger partial charge < -0.3 is 14.8 Å². The predicted molar refractivity (Wildman–Crippen MR) is 103 cm³/mol. The van der Waals surface area contributed by atoms with Crippen molar-refractivity contribution >= 4 is 17.5 Å². The van der Waals surface area contributed by atoms with Crippen LogP contribution in [0.15, 0.2) is 54.6 Å². The minimum absolute atomic E-state index is 0.181. The Morgan fingerprint density at radius 1 is 1.04 bits per heavy atom. The fourth-order valence-electron chi connectivity index (χ4n) is 2.62. The zero-order valence-electron chi connectivity index (χ0n) is 15.5. The van der Waals surface area contributed by atoms with Crippen LogP contribution in [0.25, 0.3) is 0 Å². The first-order valence-corrected chi connectivity index (χ1v) is 8.53. The first kappa shape index (κ1) is 18.3. The summed E-state index contributed by atoms with van der Waals surface area (Å²) in [6.07, 6.45) is 0. The number of aromatic nitrogens is 3. The quantitative estimate of drug-likeness (QED) is 0.754. The van der Waals surface area contributed by atoms with E-state index in [0.717, 1.165) is 11.5 Å². The summed E-state index contributed by atoms with van der Waals surface area (Å²) in [7, 11) is 3.55.